The molecule has 5 nitrogen and oxygen atoms in total. The first-order valence-corrected chi connectivity index (χ1v) is 10.1. The van der Waals surface area contributed by atoms with Gasteiger partial charge >= 0.3 is 0 Å². The van der Waals surface area contributed by atoms with Crippen LogP contribution in [-0.2, 0) is 9.59 Å². The first-order valence-electron chi connectivity index (χ1n) is 10.1. The Balaban J connectivity index is 1.64. The monoisotopic (exact) mass is 389 g/mol. The normalized spacial score (nSPS) is 20.9. The van der Waals surface area contributed by atoms with E-state index in [1.54, 1.807) is 4.90 Å². The van der Waals surface area contributed by atoms with Gasteiger partial charge in [-0.05, 0) is 67.6 Å². The van der Waals surface area contributed by atoms with Crippen LogP contribution in [0.15, 0.2) is 47.7 Å². The maximum absolute atomic E-state index is 13.3. The van der Waals surface area contributed by atoms with E-state index in [4.69, 9.17) is 9.47 Å². The Hall–Kier alpha value is -3.08. The Morgan fingerprint density at radius 2 is 1.69 bits per heavy atom. The zero-order valence-electron chi connectivity index (χ0n) is 16.7. The van der Waals surface area contributed by atoms with Crippen molar-refractivity contribution in [2.45, 2.75) is 45.4 Å². The molecule has 148 valence electrons. The van der Waals surface area contributed by atoms with E-state index >= 15 is 0 Å². The lowest BCUT2D eigenvalue weighted by Gasteiger charge is -2.38. The van der Waals surface area contributed by atoms with Gasteiger partial charge in [0.25, 0.3) is 0 Å². The summed E-state index contributed by atoms with van der Waals surface area (Å²) in [6.45, 7) is 4.26. The van der Waals surface area contributed by atoms with Gasteiger partial charge in [0, 0.05) is 35.7 Å². The molecule has 0 spiro atoms. The lowest BCUT2D eigenvalue weighted by Crippen LogP contribution is -2.40. The molecule has 5 rings (SSSR count). The molecule has 1 amide bonds. The second kappa shape index (κ2) is 6.76. The van der Waals surface area contributed by atoms with Crippen LogP contribution in [0.5, 0.6) is 11.5 Å². The number of benzene rings is 2. The van der Waals surface area contributed by atoms with Crippen molar-refractivity contribution in [3.63, 3.8) is 0 Å². The number of amides is 1. The van der Waals surface area contributed by atoms with Crippen LogP contribution < -0.4 is 14.4 Å². The van der Waals surface area contributed by atoms with Gasteiger partial charge in [0.05, 0.1) is 0 Å². The largest absolute Gasteiger partial charge is 0.454 e. The van der Waals surface area contributed by atoms with Gasteiger partial charge < -0.3 is 9.47 Å². The number of rotatable bonds is 2. The van der Waals surface area contributed by atoms with Crippen LogP contribution in [0.1, 0.15) is 48.3 Å². The minimum absolute atomic E-state index is 0.0334. The van der Waals surface area contributed by atoms with Crippen LogP contribution in [0, 0.1) is 13.8 Å². The van der Waals surface area contributed by atoms with E-state index in [1.165, 1.54) is 0 Å². The maximum Gasteiger partial charge on any atom is 0.232 e. The number of carbonyl (C=O) groups excluding carboxylic acids is 2. The smallest absolute Gasteiger partial charge is 0.232 e. The van der Waals surface area contributed by atoms with Crippen LogP contribution in [0.4, 0.5) is 5.69 Å². The van der Waals surface area contributed by atoms with Crippen molar-refractivity contribution < 1.29 is 19.1 Å². The predicted octanol–water partition coefficient (Wildman–Crippen LogP) is 4.56. The third kappa shape index (κ3) is 3.01. The van der Waals surface area contributed by atoms with Crippen LogP contribution in [0.2, 0.25) is 0 Å². The third-order valence-corrected chi connectivity index (χ3v) is 5.94. The standard InChI is InChI=1S/C24H23NO4/c1-14-8-15(2)10-17(9-14)25-19-4-3-5-20(26)24(19)18(12-23(25)27)16-6-7-21-22(11-16)29-13-28-21/h6-11,18H,3-5,12-13H2,1-2H3/t18-/m1/s1. The lowest BCUT2D eigenvalue weighted by atomic mass is 9.77. The molecule has 0 unspecified atom stereocenters. The number of fused-ring (bicyclic) bond motifs is 1. The van der Waals surface area contributed by atoms with Gasteiger partial charge in [0.2, 0.25) is 12.7 Å². The van der Waals surface area contributed by atoms with E-state index in [2.05, 4.69) is 6.07 Å². The SMILES string of the molecule is Cc1cc(C)cc(N2C(=O)C[C@H](c3ccc4c(c3)OCO4)C3=C2CCCC3=O)c1. The third-order valence-electron chi connectivity index (χ3n) is 5.94. The number of Topliss-reactive ketones (excluding diaryl/α,β-unsaturated/α-hetero) is 1. The fourth-order valence-corrected chi connectivity index (χ4v) is 4.79. The van der Waals surface area contributed by atoms with Crippen LogP contribution in [0.25, 0.3) is 0 Å². The van der Waals surface area contributed by atoms with Gasteiger partial charge in [-0.15, -0.1) is 0 Å². The summed E-state index contributed by atoms with van der Waals surface area (Å²) in [6, 6.07) is 11.9. The molecule has 3 aliphatic rings. The molecule has 5 heteroatoms. The predicted molar refractivity (Wildman–Crippen MR) is 109 cm³/mol. The van der Waals surface area contributed by atoms with Gasteiger partial charge in [0.1, 0.15) is 0 Å². The number of allylic oxidation sites excluding steroid dienone is 2. The van der Waals surface area contributed by atoms with Crippen LogP contribution >= 0.6 is 0 Å². The second-order valence-corrected chi connectivity index (χ2v) is 8.08. The minimum atomic E-state index is -0.234. The Kier molecular flexibility index (Phi) is 4.19. The van der Waals surface area contributed by atoms with Crippen LogP contribution in [-0.4, -0.2) is 18.5 Å². The van der Waals surface area contributed by atoms with E-state index in [0.717, 1.165) is 46.5 Å². The zero-order valence-corrected chi connectivity index (χ0v) is 16.7. The first-order chi connectivity index (χ1) is 14.0. The molecule has 0 N–H and O–H groups in total. The first kappa shape index (κ1) is 18.0. The Bertz CT molecular complexity index is 1050. The molecule has 0 bridgehead atoms. The molecule has 2 aliphatic heterocycles. The number of anilines is 1. The molecule has 0 fully saturated rings. The summed E-state index contributed by atoms with van der Waals surface area (Å²) in [4.78, 5) is 28.1. The molecule has 2 heterocycles. The lowest BCUT2D eigenvalue weighted by molar-refractivity contribution is -0.119. The van der Waals surface area contributed by atoms with E-state index in [-0.39, 0.29) is 30.8 Å². The highest BCUT2D eigenvalue weighted by atomic mass is 16.7. The highest BCUT2D eigenvalue weighted by Crippen LogP contribution is 2.45. The molecule has 1 aliphatic carbocycles. The van der Waals surface area contributed by atoms with Crippen molar-refractivity contribution in [2.24, 2.45) is 0 Å². The highest BCUT2D eigenvalue weighted by molar-refractivity contribution is 6.07. The molecule has 2 aromatic carbocycles. The fourth-order valence-electron chi connectivity index (χ4n) is 4.79. The van der Waals surface area contributed by atoms with Crippen molar-refractivity contribution >= 4 is 17.4 Å². The highest BCUT2D eigenvalue weighted by Gasteiger charge is 2.40. The molecule has 0 radical (unpaired) electrons. The molecule has 2 aromatic rings. The summed E-state index contributed by atoms with van der Waals surface area (Å²) in [5, 5.41) is 0. The summed E-state index contributed by atoms with van der Waals surface area (Å²) in [6.07, 6.45) is 2.33. The molecule has 0 aromatic heterocycles. The van der Waals surface area contributed by atoms with Gasteiger partial charge in [0.15, 0.2) is 17.3 Å². The van der Waals surface area contributed by atoms with Crippen molar-refractivity contribution in [3.8, 4) is 11.5 Å². The molecule has 0 saturated carbocycles. The average molecular weight is 389 g/mol. The summed E-state index contributed by atoms with van der Waals surface area (Å²) in [5.74, 6) is 1.33. The number of carbonyl (C=O) groups is 2. The zero-order chi connectivity index (χ0) is 20.1. The maximum atomic E-state index is 13.3. The van der Waals surface area contributed by atoms with Gasteiger partial charge in [-0.1, -0.05) is 12.1 Å². The molecular weight excluding hydrogens is 366 g/mol. The Labute approximate surface area is 169 Å². The quantitative estimate of drug-likeness (QED) is 0.756. The summed E-state index contributed by atoms with van der Waals surface area (Å²) in [5.41, 5.74) is 5.66. The number of nitrogens with zero attached hydrogens (tertiary/aromatic N) is 1. The molecule has 1 atom stereocenters. The Morgan fingerprint density at radius 1 is 0.931 bits per heavy atom. The molecular formula is C24H23NO4. The van der Waals surface area contributed by atoms with Crippen molar-refractivity contribution in [1.29, 1.82) is 0 Å². The second-order valence-electron chi connectivity index (χ2n) is 8.08. The number of hydrogen-bond donors (Lipinski definition) is 0. The topological polar surface area (TPSA) is 55.8 Å². The van der Waals surface area contributed by atoms with Crippen molar-refractivity contribution in [3.05, 3.63) is 64.4 Å². The number of ether oxygens (including phenoxy) is 2. The average Bonchev–Trinajstić information content (AvgIpc) is 3.14. The van der Waals surface area contributed by atoms with E-state index in [0.29, 0.717) is 17.9 Å². The molecule has 29 heavy (non-hydrogen) atoms. The minimum Gasteiger partial charge on any atom is -0.454 e. The van der Waals surface area contributed by atoms with Gasteiger partial charge in [-0.25, -0.2) is 0 Å². The molecule has 0 saturated heterocycles. The van der Waals surface area contributed by atoms with E-state index in [9.17, 15) is 9.59 Å². The van der Waals surface area contributed by atoms with Crippen molar-refractivity contribution in [1.82, 2.24) is 0 Å². The fraction of sp³-hybridized carbons (Fsp3) is 0.333. The number of ketones is 1. The Morgan fingerprint density at radius 3 is 2.48 bits per heavy atom. The van der Waals surface area contributed by atoms with Gasteiger partial charge in [-0.2, -0.15) is 0 Å². The number of hydrogen-bond acceptors (Lipinski definition) is 4. The van der Waals surface area contributed by atoms with Crippen LogP contribution in [0.3, 0.4) is 0 Å². The number of aryl methyl sites for hydroxylation is 2. The van der Waals surface area contributed by atoms with Gasteiger partial charge in [-0.3, -0.25) is 14.5 Å². The van der Waals surface area contributed by atoms with E-state index in [1.807, 2.05) is 44.2 Å². The summed E-state index contributed by atoms with van der Waals surface area (Å²) in [7, 11) is 0. The van der Waals surface area contributed by atoms with Crippen molar-refractivity contribution in [2.75, 3.05) is 11.7 Å². The summed E-state index contributed by atoms with van der Waals surface area (Å²) >= 11 is 0. The van der Waals surface area contributed by atoms with E-state index < -0.39 is 0 Å². The summed E-state index contributed by atoms with van der Waals surface area (Å²) < 4.78 is 10.9.